The van der Waals surface area contributed by atoms with E-state index in [1.54, 1.807) is 13.8 Å². The third-order valence-corrected chi connectivity index (χ3v) is 20.1. The molecule has 2 saturated carbocycles. The van der Waals surface area contributed by atoms with Gasteiger partial charge < -0.3 is 38.2 Å². The number of halogens is 2. The van der Waals surface area contributed by atoms with Crippen LogP contribution in [-0.4, -0.2) is 85.8 Å². The van der Waals surface area contributed by atoms with Gasteiger partial charge in [0.1, 0.15) is 24.9 Å². The van der Waals surface area contributed by atoms with Crippen LogP contribution >= 0.6 is 0 Å². The number of hydrogen-bond donors (Lipinski definition) is 4. The lowest BCUT2D eigenvalue weighted by Gasteiger charge is -2.46. The van der Waals surface area contributed by atoms with Crippen molar-refractivity contribution < 1.29 is 42.2 Å². The quantitative estimate of drug-likeness (QED) is 0.182. The Morgan fingerprint density at radius 3 is 1.56 bits per heavy atom. The van der Waals surface area contributed by atoms with Crippen LogP contribution in [0.15, 0.2) is 23.8 Å². The van der Waals surface area contributed by atoms with Crippen LogP contribution in [0.3, 0.4) is 0 Å². The highest BCUT2D eigenvalue weighted by atomic mass is 28.5. The number of fused-ring (bicyclic) bond motifs is 1. The largest absolute Gasteiger partial charge is 0.414 e. The van der Waals surface area contributed by atoms with Crippen LogP contribution in [0.4, 0.5) is 8.78 Å². The first-order valence-electron chi connectivity index (χ1n) is 15.0. The molecule has 3 rings (SSSR count). The van der Waals surface area contributed by atoms with E-state index in [1.807, 2.05) is 55.4 Å². The number of rotatable bonds is 6. The van der Waals surface area contributed by atoms with Crippen LogP contribution in [0, 0.1) is 19.1 Å². The van der Waals surface area contributed by atoms with Crippen LogP contribution in [0.2, 0.25) is 22.2 Å². The van der Waals surface area contributed by atoms with Gasteiger partial charge in [-0.3, -0.25) is 4.85 Å². The molecule has 0 unspecified atom stereocenters. The van der Waals surface area contributed by atoms with Gasteiger partial charge in [0.15, 0.2) is 6.10 Å². The second-order valence-electron chi connectivity index (χ2n) is 13.2. The van der Waals surface area contributed by atoms with Gasteiger partial charge in [-0.2, -0.15) is 0 Å². The fourth-order valence-corrected chi connectivity index (χ4v) is 18.3. The molecule has 0 radical (unpaired) electrons. The highest BCUT2D eigenvalue weighted by Crippen LogP contribution is 2.53. The lowest BCUT2D eigenvalue weighted by molar-refractivity contribution is -0.0162. The first-order valence-corrected chi connectivity index (χ1v) is 19.0. The molecule has 45 heavy (non-hydrogen) atoms. The van der Waals surface area contributed by atoms with E-state index in [-0.39, 0.29) is 54.5 Å². The molecule has 1 aliphatic heterocycles. The highest BCUT2D eigenvalue weighted by molar-refractivity contribution is 6.84. The molecule has 3 aliphatic rings. The average molecular weight is 677 g/mol. The van der Waals surface area contributed by atoms with Gasteiger partial charge >= 0.3 is 22.7 Å². The van der Waals surface area contributed by atoms with Gasteiger partial charge in [-0.1, -0.05) is 84.1 Å². The predicted octanol–water partition coefficient (Wildman–Crippen LogP) is 6.74. The molecule has 13 heteroatoms. The molecule has 0 aromatic heterocycles. The van der Waals surface area contributed by atoms with Crippen molar-refractivity contribution in [3.05, 3.63) is 46.6 Å². The molecule has 0 aromatic carbocycles. The van der Waals surface area contributed by atoms with E-state index in [0.717, 1.165) is 0 Å². The maximum Gasteiger partial charge on any atom is 0.335 e. The number of nitrogens with zero attached hydrogens (tertiary/aromatic N) is 2. The number of hydrogen-bond acceptors (Lipinski definition) is 7. The monoisotopic (exact) mass is 676 g/mol. The van der Waals surface area contributed by atoms with Gasteiger partial charge in [0.05, 0.1) is 35.8 Å². The van der Waals surface area contributed by atoms with Crippen molar-refractivity contribution in [2.45, 2.75) is 154 Å². The second kappa shape index (κ2) is 16.0. The summed E-state index contributed by atoms with van der Waals surface area (Å²) in [6.45, 7) is 33.8. The van der Waals surface area contributed by atoms with E-state index in [2.05, 4.69) is 9.69 Å². The zero-order valence-corrected chi connectivity index (χ0v) is 29.0. The lowest BCUT2D eigenvalue weighted by Crippen LogP contribution is -2.60. The fourth-order valence-electron chi connectivity index (χ4n) is 7.04. The molecule has 0 amide bonds. The summed E-state index contributed by atoms with van der Waals surface area (Å²) in [4.78, 5) is 6.87. The maximum absolute atomic E-state index is 14.1. The molecule has 0 spiro atoms. The molecule has 0 bridgehead atoms. The summed E-state index contributed by atoms with van der Waals surface area (Å²) in [5.41, 5.74) is -2.72. The van der Waals surface area contributed by atoms with Crippen molar-refractivity contribution in [1.82, 2.24) is 0 Å². The Bertz CT molecular complexity index is 1120. The minimum Gasteiger partial charge on any atom is -0.414 e. The SMILES string of the molecule is C.C.[C-]#[N+][C@]1(CC)/C(=C\F)[C@H](O)[C@H](O)[C@@H]1C.[C-]#[N+][C@]1(CO)/C(=C\F)[C@@H]2O[Si](C(C)C)(C(C)C)O[Si](C(C)C)(C(C)C)O[C@@H]2[C@@H]1O. The molecular weight excluding hydrogens is 619 g/mol. The first-order chi connectivity index (χ1) is 19.9. The second-order valence-corrected chi connectivity index (χ2v) is 22.0. The zero-order valence-electron chi connectivity index (χ0n) is 27.0. The standard InChI is InChI=1S/C20H36FNO5Si2.C10H14FNO2.2CH4/c1-12(2)28(13(3)4)25-17-16(10-21)20(11-23,22-9)19(24)18(17)26-29(27-28,14(5)6)15(7)8;1-4-10(12-3)6(2)8(13)9(14)7(10)5-11;;/h10,12-15,17-19,23-24H,11H2,1-8H3;5-6,8-9,13-14H,4H2,1-2H3;2*1H4/b16-10-;7-5-;;/t17-,18-,19-,20+;6-,8+,9-,10-;;/m00../s1. The summed E-state index contributed by atoms with van der Waals surface area (Å²) < 4.78 is 47.0. The van der Waals surface area contributed by atoms with Crippen molar-refractivity contribution in [2.24, 2.45) is 5.92 Å². The van der Waals surface area contributed by atoms with Gasteiger partial charge in [-0.15, -0.1) is 0 Å². The van der Waals surface area contributed by atoms with E-state index in [4.69, 9.17) is 26.1 Å². The zero-order chi connectivity index (χ0) is 33.3. The third kappa shape index (κ3) is 6.63. The summed E-state index contributed by atoms with van der Waals surface area (Å²) in [7, 11) is -5.94. The van der Waals surface area contributed by atoms with E-state index >= 15 is 0 Å². The molecule has 4 N–H and O–H groups in total. The third-order valence-electron chi connectivity index (χ3n) is 9.90. The van der Waals surface area contributed by atoms with Gasteiger partial charge in [0.25, 0.3) is 5.54 Å². The molecule has 1 heterocycles. The van der Waals surface area contributed by atoms with Crippen molar-refractivity contribution in [2.75, 3.05) is 6.61 Å². The Hall–Kier alpha value is -1.53. The number of aliphatic hydroxyl groups is 4. The molecule has 260 valence electrons. The number of aliphatic hydroxyl groups excluding tert-OH is 4. The van der Waals surface area contributed by atoms with Crippen LogP contribution < -0.4 is 0 Å². The molecular formula is C32H58F2N2O7Si2. The van der Waals surface area contributed by atoms with Gasteiger partial charge in [-0.25, -0.2) is 21.9 Å². The molecule has 0 aromatic rings. The lowest BCUT2D eigenvalue weighted by atomic mass is 9.83. The fraction of sp³-hybridized carbons (Fsp3) is 0.812. The van der Waals surface area contributed by atoms with Crippen molar-refractivity contribution in [1.29, 1.82) is 0 Å². The maximum atomic E-state index is 14.1. The van der Waals surface area contributed by atoms with Crippen LogP contribution in [0.25, 0.3) is 9.69 Å². The normalized spacial score (nSPS) is 36.9. The average Bonchev–Trinajstić information content (AvgIpc) is 3.19. The summed E-state index contributed by atoms with van der Waals surface area (Å²) in [5.74, 6) is -0.443. The summed E-state index contributed by atoms with van der Waals surface area (Å²) in [6.07, 6.45) is -4.66. The Kier molecular flexibility index (Phi) is 15.5. The Labute approximate surface area is 272 Å². The topological polar surface area (TPSA) is 117 Å². The summed E-state index contributed by atoms with van der Waals surface area (Å²) in [5, 5.41) is 40.2. The highest BCUT2D eigenvalue weighted by Gasteiger charge is 2.71. The van der Waals surface area contributed by atoms with E-state index in [1.165, 1.54) is 0 Å². The minimum atomic E-state index is -2.98. The van der Waals surface area contributed by atoms with Crippen LogP contribution in [0.5, 0.6) is 0 Å². The Balaban J connectivity index is 0.00000102. The van der Waals surface area contributed by atoms with Crippen molar-refractivity contribution in [3.63, 3.8) is 0 Å². The smallest absolute Gasteiger partial charge is 0.335 e. The van der Waals surface area contributed by atoms with Gasteiger partial charge in [-0.05, 0) is 22.2 Å². The van der Waals surface area contributed by atoms with Crippen LogP contribution in [0.1, 0.15) is 90.5 Å². The van der Waals surface area contributed by atoms with E-state index in [0.29, 0.717) is 12.8 Å². The molecule has 8 atom stereocenters. The minimum absolute atomic E-state index is 0. The van der Waals surface area contributed by atoms with Crippen molar-refractivity contribution in [3.8, 4) is 0 Å². The summed E-state index contributed by atoms with van der Waals surface area (Å²) >= 11 is 0. The van der Waals surface area contributed by atoms with Gasteiger partial charge in [0.2, 0.25) is 0 Å². The molecule has 3 fully saturated rings. The molecule has 2 aliphatic carbocycles. The van der Waals surface area contributed by atoms with E-state index in [9.17, 15) is 29.2 Å². The predicted molar refractivity (Wildman–Crippen MR) is 178 cm³/mol. The first kappa shape index (κ1) is 43.5. The van der Waals surface area contributed by atoms with Crippen molar-refractivity contribution >= 4 is 17.1 Å². The Morgan fingerprint density at radius 1 is 0.822 bits per heavy atom. The van der Waals surface area contributed by atoms with Crippen LogP contribution in [-0.2, 0) is 13.0 Å². The summed E-state index contributed by atoms with van der Waals surface area (Å²) in [6, 6.07) is 0. The van der Waals surface area contributed by atoms with E-state index < -0.39 is 71.2 Å². The van der Waals surface area contributed by atoms with Gasteiger partial charge in [0, 0.05) is 6.42 Å². The molecule has 1 saturated heterocycles. The Morgan fingerprint density at radius 2 is 1.24 bits per heavy atom. The molecule has 9 nitrogen and oxygen atoms in total.